The molecule has 4 bridgehead atoms. The second kappa shape index (κ2) is 26.3. The Morgan fingerprint density at radius 3 is 2.22 bits per heavy atom. The van der Waals surface area contributed by atoms with Gasteiger partial charge in [0.05, 0.1) is 36.1 Å². The first-order valence-corrected chi connectivity index (χ1v) is 27.1. The number of benzene rings is 1. The van der Waals surface area contributed by atoms with E-state index in [1.54, 1.807) is 41.1 Å². The van der Waals surface area contributed by atoms with Gasteiger partial charge in [-0.05, 0) is 132 Å². The number of carbonyl (C=O) groups is 5. The van der Waals surface area contributed by atoms with Crippen molar-refractivity contribution in [2.45, 2.75) is 205 Å². The third kappa shape index (κ3) is 14.1. The Kier molecular flexibility index (Phi) is 21.0. The van der Waals surface area contributed by atoms with Gasteiger partial charge in [0.1, 0.15) is 36.2 Å². The van der Waals surface area contributed by atoms with Crippen LogP contribution in [0.2, 0.25) is 0 Å². The van der Waals surface area contributed by atoms with E-state index in [2.05, 4.69) is 6.92 Å². The first-order chi connectivity index (χ1) is 34.7. The summed E-state index contributed by atoms with van der Waals surface area (Å²) in [5.41, 5.74) is 2.11. The van der Waals surface area contributed by atoms with Crippen LogP contribution in [0.5, 0.6) is 0 Å². The number of esters is 1. The molecule has 1 aromatic carbocycles. The maximum absolute atomic E-state index is 14.5. The van der Waals surface area contributed by atoms with Crippen molar-refractivity contribution in [2.75, 3.05) is 32.9 Å². The molecule has 0 spiro atoms. The first-order valence-electron chi connectivity index (χ1n) is 27.1. The molecule has 6 aliphatic rings. The Morgan fingerprint density at radius 1 is 0.808 bits per heavy atom. The molecule has 17 atom stereocenters. The SMILES string of the molecule is CO[C@H]1C[C@@H]2CC[C@@H](C)[C@@](O)(O2)C(=O)C(=O)N2CCCC[C@H]2C(=O)O[C@H]([C@H](C)C[C@@H]2CC[C@@H](O)[C@H](OC)C2)CC(=O)[C@H](C)/C=C(/C)[C@@H](O)[C@@H](OC)C(=O)[C@H](C)C[C@H](C)C2CCC(C=C1C)ON2c1ccccc1. The maximum Gasteiger partial charge on any atom is 0.329 e. The van der Waals surface area contributed by atoms with Gasteiger partial charge in [-0.25, -0.2) is 4.79 Å². The molecule has 408 valence electrons. The Hall–Kier alpha value is -3.87. The largest absolute Gasteiger partial charge is 0.460 e. The number of carbonyl (C=O) groups excluding carboxylic acids is 5. The molecular formula is C57H86N2O14. The fraction of sp³-hybridized carbons (Fsp3) is 0.737. The number of fused-ring (bicyclic) bond motifs is 17. The Balaban J connectivity index is 1.34. The van der Waals surface area contributed by atoms with Gasteiger partial charge in [-0.3, -0.25) is 29.1 Å². The molecule has 0 aromatic heterocycles. The van der Waals surface area contributed by atoms with E-state index in [9.17, 15) is 39.3 Å². The smallest absolute Gasteiger partial charge is 0.329 e. The topological polar surface area (TPSA) is 208 Å². The van der Waals surface area contributed by atoms with Crippen molar-refractivity contribution >= 4 is 34.9 Å². The van der Waals surface area contributed by atoms with Crippen LogP contribution in [0.4, 0.5) is 5.69 Å². The highest BCUT2D eigenvalue weighted by Crippen LogP contribution is 2.39. The number of ketones is 3. The second-order valence-electron chi connectivity index (χ2n) is 22.3. The molecule has 0 radical (unpaired) electrons. The third-order valence-electron chi connectivity index (χ3n) is 16.9. The van der Waals surface area contributed by atoms with E-state index in [4.69, 9.17) is 28.5 Å². The fourth-order valence-electron chi connectivity index (χ4n) is 12.1. The van der Waals surface area contributed by atoms with E-state index in [-0.39, 0.29) is 73.4 Å². The fourth-order valence-corrected chi connectivity index (χ4v) is 12.1. The minimum Gasteiger partial charge on any atom is -0.460 e. The number of rotatable bonds is 7. The van der Waals surface area contributed by atoms with Crippen LogP contribution in [0.3, 0.4) is 0 Å². The lowest BCUT2D eigenvalue weighted by Gasteiger charge is -2.43. The Morgan fingerprint density at radius 2 is 1.53 bits per heavy atom. The molecule has 1 aliphatic carbocycles. The molecule has 3 saturated heterocycles. The summed E-state index contributed by atoms with van der Waals surface area (Å²) in [5.74, 6) is -8.21. The predicted molar refractivity (Wildman–Crippen MR) is 274 cm³/mol. The lowest BCUT2D eigenvalue weighted by molar-refractivity contribution is -0.265. The predicted octanol–water partition coefficient (Wildman–Crippen LogP) is 7.04. The van der Waals surface area contributed by atoms with E-state index in [0.29, 0.717) is 69.8 Å². The number of amides is 1. The zero-order valence-corrected chi connectivity index (χ0v) is 45.1. The van der Waals surface area contributed by atoms with Crippen LogP contribution in [-0.4, -0.2) is 144 Å². The molecule has 1 aromatic rings. The third-order valence-corrected chi connectivity index (χ3v) is 16.9. The number of Topliss-reactive ketones (excluding diaryl/α,β-unsaturated/α-hetero) is 3. The minimum absolute atomic E-state index is 0.0349. The summed E-state index contributed by atoms with van der Waals surface area (Å²) in [5, 5.41) is 36.3. The Bertz CT molecular complexity index is 2100. The molecule has 5 heterocycles. The van der Waals surface area contributed by atoms with Crippen molar-refractivity contribution in [2.24, 2.45) is 35.5 Å². The van der Waals surface area contributed by atoms with Crippen molar-refractivity contribution in [3.63, 3.8) is 0 Å². The average Bonchev–Trinajstić information content (AvgIpc) is 3.38. The van der Waals surface area contributed by atoms with Crippen molar-refractivity contribution in [3.05, 3.63) is 53.6 Å². The molecule has 3 N–H and O–H groups in total. The monoisotopic (exact) mass is 1020 g/mol. The summed E-state index contributed by atoms with van der Waals surface area (Å²) < 4.78 is 29.9. The lowest BCUT2D eigenvalue weighted by Crippen LogP contribution is -2.61. The average molecular weight is 1020 g/mol. The van der Waals surface area contributed by atoms with Gasteiger partial charge in [0, 0.05) is 58.5 Å². The van der Waals surface area contributed by atoms with Crippen LogP contribution >= 0.6 is 0 Å². The van der Waals surface area contributed by atoms with E-state index in [0.717, 1.165) is 17.7 Å². The lowest BCUT2D eigenvalue weighted by atomic mass is 9.78. The number of ether oxygens (including phenoxy) is 5. The summed E-state index contributed by atoms with van der Waals surface area (Å²) in [7, 11) is 4.56. The van der Waals surface area contributed by atoms with E-state index in [1.165, 1.54) is 12.0 Å². The standard InChI is InChI=1S/C57H86N2O14/c1-33-26-37(5)51(62)53(70-10)52(63)38(6)27-34(2)47(61)32-49(35(3)28-40-20-24-46(60)50(30-40)69-9)71-56(66)45-18-14-15-25-58(45)55(65)54(64)57(67)39(7)19-21-42(72-57)31-48(68-8)36(4)29-43-22-23-44(33)59(73-43)41-16-12-11-13-17-41/h11-13,16-17,27,29,33-35,37,39-40,42-46,48-50,52-53,60,63,67H,14-15,18-26,28,30-32H2,1-10H3/b36-29?,38-27-/t33-,34+,35+,37+,39+,40-,42-,43?,44?,45-,46+,48-,49-,50+,52+,53-,57+/m0/s1. The molecule has 1 amide bonds. The molecule has 5 aliphatic heterocycles. The Labute approximate surface area is 433 Å². The number of aliphatic hydroxyl groups excluding tert-OH is 2. The zero-order chi connectivity index (χ0) is 53.3. The van der Waals surface area contributed by atoms with Gasteiger partial charge in [-0.1, -0.05) is 65.0 Å². The van der Waals surface area contributed by atoms with Crippen molar-refractivity contribution in [1.29, 1.82) is 0 Å². The number of hydrogen-bond acceptors (Lipinski definition) is 15. The number of hydroxylamine groups is 1. The van der Waals surface area contributed by atoms with Gasteiger partial charge in [0.15, 0.2) is 5.78 Å². The van der Waals surface area contributed by atoms with Crippen LogP contribution < -0.4 is 5.06 Å². The molecule has 1 saturated carbocycles. The van der Waals surface area contributed by atoms with Gasteiger partial charge in [0.25, 0.3) is 11.7 Å². The second-order valence-corrected chi connectivity index (χ2v) is 22.3. The van der Waals surface area contributed by atoms with Gasteiger partial charge >= 0.3 is 5.97 Å². The maximum atomic E-state index is 14.5. The molecule has 2 unspecified atom stereocenters. The molecule has 16 heteroatoms. The van der Waals surface area contributed by atoms with Crippen LogP contribution in [0, 0.1) is 35.5 Å². The summed E-state index contributed by atoms with van der Waals surface area (Å²) in [4.78, 5) is 79.9. The normalized spacial score (nSPS) is 38.8. The number of anilines is 1. The number of para-hydroxylation sites is 1. The highest BCUT2D eigenvalue weighted by Gasteiger charge is 2.53. The number of hydrogen-bond donors (Lipinski definition) is 3. The van der Waals surface area contributed by atoms with E-state index < -0.39 is 83.9 Å². The zero-order valence-electron chi connectivity index (χ0n) is 45.1. The van der Waals surface area contributed by atoms with Gasteiger partial charge in [0.2, 0.25) is 5.79 Å². The number of piperidine rings is 1. The van der Waals surface area contributed by atoms with Crippen LogP contribution in [0.15, 0.2) is 53.6 Å². The molecular weight excluding hydrogens is 937 g/mol. The van der Waals surface area contributed by atoms with Crippen molar-refractivity contribution < 1.29 is 67.8 Å². The van der Waals surface area contributed by atoms with Crippen molar-refractivity contribution in [3.8, 4) is 0 Å². The summed E-state index contributed by atoms with van der Waals surface area (Å²) in [6.45, 7) is 12.9. The minimum atomic E-state index is -2.46. The highest BCUT2D eigenvalue weighted by atomic mass is 16.7. The molecule has 4 fully saturated rings. The van der Waals surface area contributed by atoms with E-state index >= 15 is 0 Å². The quantitative estimate of drug-likeness (QED) is 0.142. The summed E-state index contributed by atoms with van der Waals surface area (Å²) in [6.07, 6.45) is 4.36. The van der Waals surface area contributed by atoms with Crippen molar-refractivity contribution in [1.82, 2.24) is 4.90 Å². The number of methoxy groups -OCH3 is 3. The van der Waals surface area contributed by atoms with Gasteiger partial charge < -0.3 is 43.9 Å². The number of aliphatic hydroxyl groups is 3. The molecule has 7 rings (SSSR count). The number of allylic oxidation sites excluding steroid dienone is 1. The molecule has 16 nitrogen and oxygen atoms in total. The van der Waals surface area contributed by atoms with Crippen LogP contribution in [0.1, 0.15) is 138 Å². The van der Waals surface area contributed by atoms with Crippen LogP contribution in [0.25, 0.3) is 0 Å². The number of nitrogens with zero attached hydrogens (tertiary/aromatic N) is 2. The molecule has 73 heavy (non-hydrogen) atoms. The van der Waals surface area contributed by atoms with E-state index in [1.807, 2.05) is 62.2 Å². The van der Waals surface area contributed by atoms with Gasteiger partial charge in [-0.15, -0.1) is 0 Å². The highest BCUT2D eigenvalue weighted by molar-refractivity contribution is 6.39. The first kappa shape index (κ1) is 58.4. The summed E-state index contributed by atoms with van der Waals surface area (Å²) in [6, 6.07) is 8.56. The van der Waals surface area contributed by atoms with Crippen LogP contribution in [-0.2, 0) is 52.5 Å². The summed E-state index contributed by atoms with van der Waals surface area (Å²) >= 11 is 0. The van der Waals surface area contributed by atoms with Gasteiger partial charge in [-0.2, -0.15) is 0 Å².